The molecule has 1 aromatic rings. The highest BCUT2D eigenvalue weighted by Crippen LogP contribution is 2.43. The molecule has 0 radical (unpaired) electrons. The van der Waals surface area contributed by atoms with Crippen molar-refractivity contribution in [1.82, 2.24) is 10.6 Å². The van der Waals surface area contributed by atoms with Gasteiger partial charge in [-0.15, -0.1) is 12.4 Å². The largest absolute Gasteiger partial charge is 0.354 e. The average molecular weight is 309 g/mol. The van der Waals surface area contributed by atoms with Gasteiger partial charge in [0.25, 0.3) is 0 Å². The lowest BCUT2D eigenvalue weighted by atomic mass is 9.67. The first-order valence-corrected chi connectivity index (χ1v) is 7.80. The summed E-state index contributed by atoms with van der Waals surface area (Å²) in [6.07, 6.45) is 5.84. The zero-order chi connectivity index (χ0) is 14.0. The van der Waals surface area contributed by atoms with E-state index in [4.69, 9.17) is 0 Å². The van der Waals surface area contributed by atoms with E-state index in [-0.39, 0.29) is 24.4 Å². The fourth-order valence-corrected chi connectivity index (χ4v) is 3.37. The van der Waals surface area contributed by atoms with Gasteiger partial charge < -0.3 is 10.6 Å². The van der Waals surface area contributed by atoms with Gasteiger partial charge in [-0.25, -0.2) is 0 Å². The molecule has 1 aromatic carbocycles. The Labute approximate surface area is 133 Å². The summed E-state index contributed by atoms with van der Waals surface area (Å²) in [6.45, 7) is 3.88. The fourth-order valence-electron chi connectivity index (χ4n) is 3.37. The van der Waals surface area contributed by atoms with Crippen LogP contribution in [0.15, 0.2) is 24.3 Å². The summed E-state index contributed by atoms with van der Waals surface area (Å²) in [4.78, 5) is 12.3. The van der Waals surface area contributed by atoms with E-state index >= 15 is 0 Å². The normalized spacial score (nSPS) is 22.4. The van der Waals surface area contributed by atoms with Crippen molar-refractivity contribution < 1.29 is 4.79 Å². The van der Waals surface area contributed by atoms with E-state index in [2.05, 4.69) is 41.8 Å². The molecule has 1 saturated carbocycles. The van der Waals surface area contributed by atoms with Crippen molar-refractivity contribution >= 4 is 18.3 Å². The van der Waals surface area contributed by atoms with Crippen LogP contribution in [0.5, 0.6) is 0 Å². The van der Waals surface area contributed by atoms with Gasteiger partial charge in [0.2, 0.25) is 5.91 Å². The van der Waals surface area contributed by atoms with E-state index in [0.29, 0.717) is 5.41 Å². The summed E-state index contributed by atoms with van der Waals surface area (Å²) in [5.74, 6) is 0.166. The maximum atomic E-state index is 12.3. The number of carbonyl (C=O) groups excluding carboxylic acids is 1. The molecule has 1 amide bonds. The van der Waals surface area contributed by atoms with E-state index in [1.165, 1.54) is 36.8 Å². The molecule has 1 heterocycles. The van der Waals surface area contributed by atoms with Gasteiger partial charge in [-0.2, -0.15) is 0 Å². The maximum absolute atomic E-state index is 12.3. The highest BCUT2D eigenvalue weighted by molar-refractivity contribution is 5.85. The number of halogens is 1. The van der Waals surface area contributed by atoms with Crippen molar-refractivity contribution in [2.75, 3.05) is 6.54 Å². The van der Waals surface area contributed by atoms with Gasteiger partial charge in [-0.3, -0.25) is 4.79 Å². The lowest BCUT2D eigenvalue weighted by Gasteiger charge is -2.41. The zero-order valence-electron chi connectivity index (χ0n) is 12.7. The maximum Gasteiger partial charge on any atom is 0.237 e. The average Bonchev–Trinajstić information content (AvgIpc) is 2.46. The molecule has 3 rings (SSSR count). The Morgan fingerprint density at radius 2 is 2.05 bits per heavy atom. The molecule has 3 nitrogen and oxygen atoms in total. The van der Waals surface area contributed by atoms with E-state index in [1.807, 2.05) is 0 Å². The lowest BCUT2D eigenvalue weighted by Crippen LogP contribution is -2.51. The number of amides is 1. The first-order valence-electron chi connectivity index (χ1n) is 7.80. The molecular weight excluding hydrogens is 284 g/mol. The Balaban J connectivity index is 0.00000161. The van der Waals surface area contributed by atoms with Crippen LogP contribution in [0, 0.1) is 5.41 Å². The minimum Gasteiger partial charge on any atom is -0.354 e. The van der Waals surface area contributed by atoms with E-state index in [0.717, 1.165) is 19.5 Å². The van der Waals surface area contributed by atoms with Gasteiger partial charge in [0.05, 0.1) is 6.04 Å². The number of nitrogens with one attached hydrogen (secondary N) is 2. The van der Waals surface area contributed by atoms with Crippen LogP contribution < -0.4 is 10.6 Å². The highest BCUT2D eigenvalue weighted by Gasteiger charge is 2.36. The van der Waals surface area contributed by atoms with Crippen LogP contribution in [-0.4, -0.2) is 18.5 Å². The molecule has 1 aliphatic carbocycles. The van der Waals surface area contributed by atoms with Crippen molar-refractivity contribution in [1.29, 1.82) is 0 Å². The lowest BCUT2D eigenvalue weighted by molar-refractivity contribution is -0.124. The van der Waals surface area contributed by atoms with Crippen molar-refractivity contribution in [3.05, 3.63) is 35.4 Å². The summed E-state index contributed by atoms with van der Waals surface area (Å²) in [5, 5.41) is 6.53. The zero-order valence-corrected chi connectivity index (χ0v) is 13.5. The SMILES string of the molecule is CCC1(CNC(=O)C2Cc3ccccc3CN2)CCC1.Cl. The Kier molecular flexibility index (Phi) is 5.28. The van der Waals surface area contributed by atoms with Crippen LogP contribution in [-0.2, 0) is 17.8 Å². The molecule has 21 heavy (non-hydrogen) atoms. The topological polar surface area (TPSA) is 41.1 Å². The Morgan fingerprint density at radius 3 is 2.67 bits per heavy atom. The van der Waals surface area contributed by atoms with Gasteiger partial charge in [0, 0.05) is 13.1 Å². The molecule has 1 unspecified atom stereocenters. The van der Waals surface area contributed by atoms with Crippen molar-refractivity contribution in [2.45, 2.75) is 51.6 Å². The van der Waals surface area contributed by atoms with Crippen molar-refractivity contribution in [3.63, 3.8) is 0 Å². The molecule has 1 aliphatic heterocycles. The summed E-state index contributed by atoms with van der Waals surface area (Å²) in [6, 6.07) is 8.31. The van der Waals surface area contributed by atoms with Crippen LogP contribution in [0.3, 0.4) is 0 Å². The predicted octanol–water partition coefficient (Wildman–Crippen LogP) is 2.82. The van der Waals surface area contributed by atoms with Crippen LogP contribution in [0.4, 0.5) is 0 Å². The van der Waals surface area contributed by atoms with E-state index < -0.39 is 0 Å². The highest BCUT2D eigenvalue weighted by atomic mass is 35.5. The molecule has 4 heteroatoms. The third-order valence-corrected chi connectivity index (χ3v) is 5.20. The second-order valence-electron chi connectivity index (χ2n) is 6.33. The first kappa shape index (κ1) is 16.3. The van der Waals surface area contributed by atoms with Crippen LogP contribution in [0.25, 0.3) is 0 Å². The summed E-state index contributed by atoms with van der Waals surface area (Å²) >= 11 is 0. The molecule has 2 aliphatic rings. The Hall–Kier alpha value is -1.06. The molecular formula is C17H25ClN2O. The Morgan fingerprint density at radius 1 is 1.33 bits per heavy atom. The smallest absolute Gasteiger partial charge is 0.237 e. The minimum absolute atomic E-state index is 0. The van der Waals surface area contributed by atoms with Gasteiger partial charge in [0.15, 0.2) is 0 Å². The van der Waals surface area contributed by atoms with Crippen molar-refractivity contribution in [3.8, 4) is 0 Å². The van der Waals surface area contributed by atoms with Crippen LogP contribution >= 0.6 is 12.4 Å². The fraction of sp³-hybridized carbons (Fsp3) is 0.588. The molecule has 1 atom stereocenters. The predicted molar refractivity (Wildman–Crippen MR) is 87.6 cm³/mol. The number of fused-ring (bicyclic) bond motifs is 1. The second kappa shape index (κ2) is 6.80. The monoisotopic (exact) mass is 308 g/mol. The van der Waals surface area contributed by atoms with Crippen LogP contribution in [0.1, 0.15) is 43.7 Å². The minimum atomic E-state index is -0.0705. The van der Waals surface area contributed by atoms with Gasteiger partial charge >= 0.3 is 0 Å². The van der Waals surface area contributed by atoms with E-state index in [9.17, 15) is 4.79 Å². The molecule has 0 saturated heterocycles. The molecule has 0 spiro atoms. The third kappa shape index (κ3) is 3.41. The Bertz CT molecular complexity index is 494. The third-order valence-electron chi connectivity index (χ3n) is 5.20. The first-order chi connectivity index (χ1) is 9.72. The molecule has 2 N–H and O–H groups in total. The summed E-state index contributed by atoms with van der Waals surface area (Å²) in [5.41, 5.74) is 3.02. The van der Waals surface area contributed by atoms with Gasteiger partial charge in [0.1, 0.15) is 0 Å². The number of carbonyl (C=O) groups is 1. The summed E-state index contributed by atoms with van der Waals surface area (Å²) in [7, 11) is 0. The molecule has 0 aromatic heterocycles. The molecule has 116 valence electrons. The van der Waals surface area contributed by atoms with E-state index in [1.54, 1.807) is 0 Å². The summed E-state index contributed by atoms with van der Waals surface area (Å²) < 4.78 is 0. The van der Waals surface area contributed by atoms with Crippen LogP contribution in [0.2, 0.25) is 0 Å². The van der Waals surface area contributed by atoms with Gasteiger partial charge in [-0.05, 0) is 42.2 Å². The number of hydrogen-bond acceptors (Lipinski definition) is 2. The number of benzene rings is 1. The standard InChI is InChI=1S/C17H24N2O.ClH/c1-2-17(8-5-9-17)12-19-16(20)15-10-13-6-3-4-7-14(13)11-18-15;/h3-4,6-7,15,18H,2,5,8-12H2,1H3,(H,19,20);1H. The second-order valence-corrected chi connectivity index (χ2v) is 6.33. The quantitative estimate of drug-likeness (QED) is 0.898. The van der Waals surface area contributed by atoms with Gasteiger partial charge in [-0.1, -0.05) is 37.6 Å². The number of rotatable bonds is 4. The number of hydrogen-bond donors (Lipinski definition) is 2. The molecule has 0 bridgehead atoms. The molecule has 1 fully saturated rings. The van der Waals surface area contributed by atoms with Crippen molar-refractivity contribution in [2.24, 2.45) is 5.41 Å².